The van der Waals surface area contributed by atoms with Crippen molar-refractivity contribution in [3.05, 3.63) is 70.9 Å². The number of hydrogen-bond donors (Lipinski definition) is 1. The second-order valence-corrected chi connectivity index (χ2v) is 9.36. The Balaban J connectivity index is 1.88. The van der Waals surface area contributed by atoms with Gasteiger partial charge >= 0.3 is 5.97 Å². The van der Waals surface area contributed by atoms with E-state index in [2.05, 4.69) is 4.72 Å². The van der Waals surface area contributed by atoms with Gasteiger partial charge in [0, 0.05) is 11.2 Å². The molecule has 2 aromatic rings. The molecule has 2 aromatic carbocycles. The molecular formula is C22H26ClNO5S. The fourth-order valence-corrected chi connectivity index (χ4v) is 3.51. The van der Waals surface area contributed by atoms with Crippen LogP contribution in [0.3, 0.4) is 0 Å². The lowest BCUT2D eigenvalue weighted by atomic mass is 10.1. The molecule has 0 unspecified atom stereocenters. The van der Waals surface area contributed by atoms with E-state index in [9.17, 15) is 13.2 Å². The van der Waals surface area contributed by atoms with Crippen molar-refractivity contribution >= 4 is 33.7 Å². The maximum absolute atomic E-state index is 12.1. The first kappa shape index (κ1) is 23.8. The molecular weight excluding hydrogens is 426 g/mol. The molecule has 0 fully saturated rings. The van der Waals surface area contributed by atoms with Gasteiger partial charge in [0.15, 0.2) is 5.60 Å². The van der Waals surface area contributed by atoms with Gasteiger partial charge < -0.3 is 9.47 Å². The molecule has 30 heavy (non-hydrogen) atoms. The lowest BCUT2D eigenvalue weighted by molar-refractivity contribution is -0.158. The molecule has 1 N–H and O–H groups in total. The third-order valence-corrected chi connectivity index (χ3v) is 5.60. The Morgan fingerprint density at radius 2 is 1.73 bits per heavy atom. The number of sulfonamides is 1. The summed E-state index contributed by atoms with van der Waals surface area (Å²) >= 11 is 5.83. The number of hydrogen-bond acceptors (Lipinski definition) is 5. The number of ether oxygens (including phenoxy) is 2. The molecule has 0 atom stereocenters. The Hall–Kier alpha value is -2.51. The molecule has 2 rings (SSSR count). The molecule has 0 saturated carbocycles. The molecule has 0 aliphatic rings. The number of benzene rings is 2. The van der Waals surface area contributed by atoms with Crippen LogP contribution >= 0.6 is 11.6 Å². The Kier molecular flexibility index (Phi) is 8.32. The van der Waals surface area contributed by atoms with Crippen LogP contribution in [0, 0.1) is 0 Å². The van der Waals surface area contributed by atoms with Crippen LogP contribution < -0.4 is 9.46 Å². The van der Waals surface area contributed by atoms with E-state index in [1.165, 1.54) is 6.20 Å². The van der Waals surface area contributed by atoms with Gasteiger partial charge in [-0.15, -0.1) is 0 Å². The van der Waals surface area contributed by atoms with Crippen molar-refractivity contribution in [1.29, 1.82) is 0 Å². The Morgan fingerprint density at radius 3 is 2.33 bits per heavy atom. The van der Waals surface area contributed by atoms with Crippen LogP contribution in [0.5, 0.6) is 5.75 Å². The zero-order valence-corrected chi connectivity index (χ0v) is 18.8. The highest BCUT2D eigenvalue weighted by Crippen LogP contribution is 2.20. The zero-order valence-electron chi connectivity index (χ0n) is 17.2. The fraction of sp³-hybridized carbons (Fsp3) is 0.318. The average Bonchev–Trinajstić information content (AvgIpc) is 2.69. The maximum atomic E-state index is 12.1. The van der Waals surface area contributed by atoms with E-state index in [1.807, 2.05) is 0 Å². The first-order valence-electron chi connectivity index (χ1n) is 9.48. The van der Waals surface area contributed by atoms with Gasteiger partial charge in [-0.25, -0.2) is 13.2 Å². The van der Waals surface area contributed by atoms with Gasteiger partial charge in [-0.05, 0) is 68.7 Å². The molecule has 0 aliphatic heterocycles. The summed E-state index contributed by atoms with van der Waals surface area (Å²) in [4.78, 5) is 11.9. The van der Waals surface area contributed by atoms with Gasteiger partial charge in [0.2, 0.25) is 10.0 Å². The number of nitrogens with one attached hydrogen (secondary N) is 1. The van der Waals surface area contributed by atoms with E-state index in [-0.39, 0.29) is 12.4 Å². The summed E-state index contributed by atoms with van der Waals surface area (Å²) in [5, 5.41) is 0.614. The molecule has 162 valence electrons. The normalized spacial score (nSPS) is 12.0. The lowest BCUT2D eigenvalue weighted by Gasteiger charge is -2.24. The minimum absolute atomic E-state index is 0.0330. The van der Waals surface area contributed by atoms with Gasteiger partial charge in [0.05, 0.1) is 12.4 Å². The van der Waals surface area contributed by atoms with Crippen LogP contribution in [0.1, 0.15) is 31.9 Å². The van der Waals surface area contributed by atoms with Gasteiger partial charge in [-0.3, -0.25) is 4.72 Å². The monoisotopic (exact) mass is 451 g/mol. The van der Waals surface area contributed by atoms with E-state index in [4.69, 9.17) is 21.1 Å². The van der Waals surface area contributed by atoms with Gasteiger partial charge in [0.25, 0.3) is 0 Å². The molecule has 0 spiro atoms. The predicted molar refractivity (Wildman–Crippen MR) is 119 cm³/mol. The van der Waals surface area contributed by atoms with Crippen LogP contribution in [0.15, 0.2) is 54.7 Å². The standard InChI is InChI=1S/C22H26ClNO5S/c1-4-28-21(25)22(2,3)29-20-11-7-17(8-12-20)13-15-24-30(26,27)16-14-18-5-9-19(23)10-6-18/h5-13,15,24H,4,14,16H2,1-3H3. The Morgan fingerprint density at radius 1 is 1.10 bits per heavy atom. The molecule has 8 heteroatoms. The van der Waals surface area contributed by atoms with Crippen LogP contribution in [0.4, 0.5) is 0 Å². The summed E-state index contributed by atoms with van der Waals surface area (Å²) in [5.41, 5.74) is 0.569. The Bertz CT molecular complexity index is 968. The molecule has 0 radical (unpaired) electrons. The molecule has 0 saturated heterocycles. The van der Waals surface area contributed by atoms with Crippen LogP contribution in [0.25, 0.3) is 6.08 Å². The summed E-state index contributed by atoms with van der Waals surface area (Å²) in [7, 11) is -3.45. The lowest BCUT2D eigenvalue weighted by Crippen LogP contribution is -2.39. The zero-order chi connectivity index (χ0) is 22.2. The first-order chi connectivity index (χ1) is 14.1. The highest BCUT2D eigenvalue weighted by molar-refractivity contribution is 7.89. The second-order valence-electron chi connectivity index (χ2n) is 7.05. The molecule has 0 bridgehead atoms. The second kappa shape index (κ2) is 10.5. The van der Waals surface area contributed by atoms with Crippen molar-refractivity contribution in [2.24, 2.45) is 0 Å². The number of rotatable bonds is 10. The highest BCUT2D eigenvalue weighted by Gasteiger charge is 2.31. The highest BCUT2D eigenvalue weighted by atomic mass is 35.5. The van der Waals surface area contributed by atoms with Gasteiger partial charge in [-0.1, -0.05) is 35.9 Å². The first-order valence-corrected chi connectivity index (χ1v) is 11.5. The van der Waals surface area contributed by atoms with E-state index >= 15 is 0 Å². The van der Waals surface area contributed by atoms with Gasteiger partial charge in [0.1, 0.15) is 5.75 Å². The number of aryl methyl sites for hydroxylation is 1. The topological polar surface area (TPSA) is 81.7 Å². The van der Waals surface area contributed by atoms with Crippen LogP contribution in [-0.2, 0) is 26.0 Å². The molecule has 0 heterocycles. The summed E-state index contributed by atoms with van der Waals surface area (Å²) in [5.74, 6) is 0.0324. The third kappa shape index (κ3) is 7.72. The van der Waals surface area contributed by atoms with Crippen molar-refractivity contribution in [3.8, 4) is 5.75 Å². The number of esters is 1. The summed E-state index contributed by atoms with van der Waals surface area (Å²) in [6.07, 6.45) is 3.42. The van der Waals surface area contributed by atoms with Crippen molar-refractivity contribution in [2.75, 3.05) is 12.4 Å². The maximum Gasteiger partial charge on any atom is 0.349 e. The summed E-state index contributed by atoms with van der Waals surface area (Å²) in [6.45, 7) is 5.29. The summed E-state index contributed by atoms with van der Waals surface area (Å²) in [6, 6.07) is 14.0. The van der Waals surface area contributed by atoms with Crippen molar-refractivity contribution < 1.29 is 22.7 Å². The number of carbonyl (C=O) groups excluding carboxylic acids is 1. The predicted octanol–water partition coefficient (Wildman–Crippen LogP) is 4.19. The smallest absolute Gasteiger partial charge is 0.349 e. The van der Waals surface area contributed by atoms with Crippen molar-refractivity contribution in [2.45, 2.75) is 32.8 Å². The minimum Gasteiger partial charge on any atom is -0.476 e. The quantitative estimate of drug-likeness (QED) is 0.547. The molecule has 6 nitrogen and oxygen atoms in total. The molecule has 0 aliphatic carbocycles. The largest absolute Gasteiger partial charge is 0.476 e. The van der Waals surface area contributed by atoms with E-state index < -0.39 is 21.6 Å². The van der Waals surface area contributed by atoms with Crippen LogP contribution in [-0.4, -0.2) is 32.3 Å². The Labute approximate surface area is 182 Å². The number of carbonyl (C=O) groups is 1. The van der Waals surface area contributed by atoms with Crippen LogP contribution in [0.2, 0.25) is 5.02 Å². The molecule has 0 aromatic heterocycles. The van der Waals surface area contributed by atoms with E-state index in [0.717, 1.165) is 11.1 Å². The average molecular weight is 452 g/mol. The SMILES string of the molecule is CCOC(=O)C(C)(C)Oc1ccc(C=CNS(=O)(=O)CCc2ccc(Cl)cc2)cc1. The molecule has 0 amide bonds. The van der Waals surface area contributed by atoms with Crippen molar-refractivity contribution in [3.63, 3.8) is 0 Å². The van der Waals surface area contributed by atoms with Gasteiger partial charge in [-0.2, -0.15) is 0 Å². The summed E-state index contributed by atoms with van der Waals surface area (Å²) < 4.78 is 37.4. The number of halogens is 1. The van der Waals surface area contributed by atoms with Crippen molar-refractivity contribution in [1.82, 2.24) is 4.72 Å². The third-order valence-electron chi connectivity index (χ3n) is 4.12. The van der Waals surface area contributed by atoms with E-state index in [1.54, 1.807) is 75.4 Å². The van der Waals surface area contributed by atoms with E-state index in [0.29, 0.717) is 17.2 Å². The fourth-order valence-electron chi connectivity index (χ4n) is 2.48. The minimum atomic E-state index is -3.45.